The number of ether oxygens (including phenoxy) is 1. The molecule has 5 nitrogen and oxygen atoms in total. The molecule has 0 amide bonds. The molecule has 1 aromatic carbocycles. The molecule has 0 atom stereocenters. The van der Waals surface area contributed by atoms with Crippen molar-refractivity contribution in [3.63, 3.8) is 0 Å². The van der Waals surface area contributed by atoms with Gasteiger partial charge in [-0.15, -0.1) is 0 Å². The second-order valence-corrected chi connectivity index (χ2v) is 10.9. The molecular weight excluding hydrogens is 530 g/mol. The number of carbonyl (C=O) groups is 2. The summed E-state index contributed by atoms with van der Waals surface area (Å²) in [5, 5.41) is 0. The first-order valence-corrected chi connectivity index (χ1v) is 11.6. The minimum absolute atomic E-state index is 0.207. The number of methoxy groups -OCH3 is 1. The van der Waals surface area contributed by atoms with E-state index in [-0.39, 0.29) is 8.87 Å². The normalized spacial score (nSPS) is 11.6. The van der Waals surface area contributed by atoms with E-state index >= 15 is 0 Å². The number of rotatable bonds is 4. The van der Waals surface area contributed by atoms with Crippen LogP contribution in [0.4, 0.5) is 26.3 Å². The molecule has 0 saturated heterocycles. The first-order chi connectivity index (χ1) is 10.4. The van der Waals surface area contributed by atoms with E-state index in [1.165, 1.54) is 19.2 Å². The van der Waals surface area contributed by atoms with Crippen LogP contribution in [0.5, 0.6) is 5.75 Å². The Labute approximate surface area is 134 Å². The van der Waals surface area contributed by atoms with E-state index in [0.29, 0.717) is 0 Å². The van der Waals surface area contributed by atoms with Gasteiger partial charge in [0.2, 0.25) is 0 Å². The van der Waals surface area contributed by atoms with Crippen LogP contribution in [0.15, 0.2) is 24.3 Å². The molecule has 126 valence electrons. The van der Waals surface area contributed by atoms with Crippen LogP contribution in [0.2, 0.25) is 0 Å². The molecule has 0 bridgehead atoms. The zero-order valence-electron chi connectivity index (χ0n) is 11.2. The molecule has 0 aromatic heterocycles. The van der Waals surface area contributed by atoms with Gasteiger partial charge in [-0.3, -0.25) is 0 Å². The molecule has 0 aliphatic rings. The summed E-state index contributed by atoms with van der Waals surface area (Å²) in [6, 6.07) is 4.56. The van der Waals surface area contributed by atoms with Crippen LogP contribution in [0.25, 0.3) is 0 Å². The maximum atomic E-state index is 12.2. The minimum atomic E-state index is -5.42. The van der Waals surface area contributed by atoms with E-state index in [0.717, 1.165) is 12.1 Å². The Kier molecular flexibility index (Phi) is 6.24. The molecule has 0 aliphatic carbocycles. The predicted molar refractivity (Wildman–Crippen MR) is 62.7 cm³/mol. The van der Waals surface area contributed by atoms with Crippen molar-refractivity contribution >= 4 is 38.7 Å². The summed E-state index contributed by atoms with van der Waals surface area (Å²) in [6.45, 7) is 0. The fraction of sp³-hybridized carbons (Fsp3) is 0.273. The number of hydrogen-bond donors (Lipinski definition) is 0. The number of benzene rings is 1. The second-order valence-electron chi connectivity index (χ2n) is 3.91. The topological polar surface area (TPSA) is 61.8 Å². The van der Waals surface area contributed by atoms with Crippen molar-refractivity contribution < 1.29 is 46.0 Å². The van der Waals surface area contributed by atoms with Crippen molar-refractivity contribution in [3.05, 3.63) is 24.3 Å². The van der Waals surface area contributed by atoms with Crippen LogP contribution >= 0.6 is 0 Å². The number of hydrogen-bond acceptors (Lipinski definition) is 5. The van der Waals surface area contributed by atoms with E-state index in [4.69, 9.17) is 4.74 Å². The maximum absolute atomic E-state index is 12.2. The average molecular weight is 538 g/mol. The summed E-state index contributed by atoms with van der Waals surface area (Å²) in [5.41, 5.74) is 0. The van der Waals surface area contributed by atoms with E-state index < -0.39 is 47.9 Å². The van der Waals surface area contributed by atoms with Gasteiger partial charge in [-0.25, -0.2) is 0 Å². The van der Waals surface area contributed by atoms with Crippen LogP contribution in [-0.4, -0.2) is 55.0 Å². The van der Waals surface area contributed by atoms with Gasteiger partial charge in [0.25, 0.3) is 0 Å². The van der Waals surface area contributed by atoms with Gasteiger partial charge in [-0.1, -0.05) is 0 Å². The zero-order valence-corrected chi connectivity index (χ0v) is 15.7. The van der Waals surface area contributed by atoms with E-state index in [9.17, 15) is 35.9 Å². The number of halogens is 6. The van der Waals surface area contributed by atoms with Crippen molar-refractivity contribution in [1.82, 2.24) is 0 Å². The molecule has 23 heavy (non-hydrogen) atoms. The molecule has 0 N–H and O–H groups in total. The average Bonchev–Trinajstić information content (AvgIpc) is 2.44. The van der Waals surface area contributed by atoms with Crippen LogP contribution < -0.4 is 7.86 Å². The zero-order chi connectivity index (χ0) is 17.8. The van der Waals surface area contributed by atoms with E-state index in [1.807, 2.05) is 0 Å². The van der Waals surface area contributed by atoms with Crippen molar-refractivity contribution in [1.29, 1.82) is 0 Å². The Hall–Kier alpha value is -1.54. The van der Waals surface area contributed by atoms with Gasteiger partial charge in [0.05, 0.1) is 0 Å². The van der Waals surface area contributed by atoms with Crippen molar-refractivity contribution in [3.8, 4) is 5.75 Å². The fourth-order valence-electron chi connectivity index (χ4n) is 1.25. The molecule has 1 aromatic rings. The monoisotopic (exact) mass is 538 g/mol. The standard InChI is InChI=1S/C7H7O.2C2HF3O2.Tl/c1-8-7-5-3-2-4-6-7;2*3-2(4,5)1(6)7;/h3-6H,1H3;2*(H,6,7);/q;;;+2/p-2. The van der Waals surface area contributed by atoms with Gasteiger partial charge in [0.1, 0.15) is 0 Å². The third kappa shape index (κ3) is 5.87. The number of alkyl halides is 6. The van der Waals surface area contributed by atoms with Gasteiger partial charge >= 0.3 is 134 Å². The molecule has 0 saturated carbocycles. The molecule has 12 heteroatoms. The Morgan fingerprint density at radius 1 is 0.870 bits per heavy atom. The summed E-state index contributed by atoms with van der Waals surface area (Å²) in [4.78, 5) is 21.6. The molecular formula is C11H7F6O5Tl. The van der Waals surface area contributed by atoms with Crippen molar-refractivity contribution in [2.45, 2.75) is 12.4 Å². The quantitative estimate of drug-likeness (QED) is 0.432. The molecule has 0 aliphatic heterocycles. The molecule has 0 heterocycles. The van der Waals surface area contributed by atoms with Gasteiger partial charge < -0.3 is 0 Å². The van der Waals surface area contributed by atoms with Crippen LogP contribution in [0, 0.1) is 0 Å². The number of carbonyl (C=O) groups excluding carboxylic acids is 2. The summed E-state index contributed by atoms with van der Waals surface area (Å²) in [6.07, 6.45) is -10.8. The summed E-state index contributed by atoms with van der Waals surface area (Å²) in [7, 11) is 1.28. The fourth-order valence-corrected chi connectivity index (χ4v) is 7.01. The molecule has 0 unspecified atom stereocenters. The van der Waals surface area contributed by atoms with Crippen LogP contribution in [-0.2, 0) is 15.0 Å². The van der Waals surface area contributed by atoms with Crippen molar-refractivity contribution in [2.24, 2.45) is 0 Å². The Bertz CT molecular complexity index is 540. The predicted octanol–water partition coefficient (Wildman–Crippen LogP) is 1.60. The van der Waals surface area contributed by atoms with Gasteiger partial charge in [-0.2, -0.15) is 0 Å². The third-order valence-corrected chi connectivity index (χ3v) is 9.22. The third-order valence-electron chi connectivity index (χ3n) is 2.28. The first kappa shape index (κ1) is 19.5. The van der Waals surface area contributed by atoms with E-state index in [2.05, 4.69) is 5.37 Å². The molecule has 0 spiro atoms. The van der Waals surface area contributed by atoms with Crippen LogP contribution in [0.3, 0.4) is 0 Å². The van der Waals surface area contributed by atoms with Gasteiger partial charge in [0.15, 0.2) is 0 Å². The Morgan fingerprint density at radius 3 is 1.57 bits per heavy atom. The summed E-state index contributed by atoms with van der Waals surface area (Å²) >= 11 is -5.10. The molecule has 0 radical (unpaired) electrons. The summed E-state index contributed by atoms with van der Waals surface area (Å²) in [5.74, 6) is -5.17. The second kappa shape index (κ2) is 7.35. The van der Waals surface area contributed by atoms with Crippen molar-refractivity contribution in [2.75, 3.05) is 7.11 Å². The Balaban J connectivity index is 3.04. The summed E-state index contributed by atoms with van der Waals surface area (Å²) < 4.78 is 85.8. The van der Waals surface area contributed by atoms with E-state index in [1.54, 1.807) is 0 Å². The molecule has 0 fully saturated rings. The SMILES string of the molecule is COc1cc[c]([Tl]([O]C(=O)C(F)(F)F)[O]C(=O)C(F)(F)F)cc1. The van der Waals surface area contributed by atoms with Crippen LogP contribution in [0.1, 0.15) is 0 Å². The Morgan fingerprint density at radius 2 is 1.26 bits per heavy atom. The molecule has 1 rings (SSSR count). The van der Waals surface area contributed by atoms with Gasteiger partial charge in [-0.05, 0) is 0 Å². The van der Waals surface area contributed by atoms with Gasteiger partial charge in [0, 0.05) is 0 Å². The first-order valence-electron chi connectivity index (χ1n) is 5.64.